The Morgan fingerprint density at radius 3 is 2.93 bits per heavy atom. The van der Waals surface area contributed by atoms with E-state index in [0.717, 1.165) is 0 Å². The molecule has 74 valence electrons. The minimum atomic E-state index is -1.18. The smallest absolute Gasteiger partial charge is 0.410 e. The molecule has 0 aliphatic heterocycles. The van der Waals surface area contributed by atoms with Gasteiger partial charge in [0.1, 0.15) is 6.61 Å². The summed E-state index contributed by atoms with van der Waals surface area (Å²) in [6.07, 6.45) is 2.99. The van der Waals surface area contributed by atoms with Crippen LogP contribution in [0.4, 0.5) is 10.6 Å². The summed E-state index contributed by atoms with van der Waals surface area (Å²) in [6, 6.07) is 0. The summed E-state index contributed by atoms with van der Waals surface area (Å²) in [4.78, 5) is 17.8. The van der Waals surface area contributed by atoms with Crippen LogP contribution in [0.25, 0.3) is 0 Å². The van der Waals surface area contributed by atoms with E-state index >= 15 is 0 Å². The van der Waals surface area contributed by atoms with Crippen molar-refractivity contribution in [3.05, 3.63) is 25.0 Å². The first-order chi connectivity index (χ1) is 6.72. The molecule has 0 saturated carbocycles. The molecule has 0 bridgehead atoms. The van der Waals surface area contributed by atoms with Crippen molar-refractivity contribution >= 4 is 11.9 Å². The van der Waals surface area contributed by atoms with E-state index in [4.69, 9.17) is 9.84 Å². The summed E-state index contributed by atoms with van der Waals surface area (Å²) in [6.45, 7) is 3.80. The topological polar surface area (TPSA) is 84.3 Å². The highest BCUT2D eigenvalue weighted by atomic mass is 16.5. The van der Waals surface area contributed by atoms with E-state index in [9.17, 15) is 4.79 Å². The van der Waals surface area contributed by atoms with Crippen LogP contribution in [-0.2, 0) is 0 Å². The van der Waals surface area contributed by atoms with Crippen LogP contribution in [0.1, 0.15) is 0 Å². The van der Waals surface area contributed by atoms with E-state index in [0.29, 0.717) is 12.5 Å². The Kier molecular flexibility index (Phi) is 3.42. The Labute approximate surface area is 80.3 Å². The second kappa shape index (κ2) is 4.80. The molecule has 1 amide bonds. The van der Waals surface area contributed by atoms with Crippen LogP contribution in [0.3, 0.4) is 0 Å². The van der Waals surface area contributed by atoms with Crippen LogP contribution < -0.4 is 10.1 Å². The SMILES string of the molecule is C=CCOc1cnc(NC(=O)O)cn1. The number of carbonyl (C=O) groups is 1. The third kappa shape index (κ3) is 3.10. The molecule has 1 rings (SSSR count). The normalized spacial score (nSPS) is 9.14. The van der Waals surface area contributed by atoms with Crippen molar-refractivity contribution in [1.82, 2.24) is 9.97 Å². The molecule has 0 aliphatic carbocycles. The van der Waals surface area contributed by atoms with Gasteiger partial charge in [-0.25, -0.2) is 14.8 Å². The first-order valence-electron chi connectivity index (χ1n) is 3.78. The number of ether oxygens (including phenoxy) is 1. The van der Waals surface area contributed by atoms with E-state index < -0.39 is 6.09 Å². The molecule has 0 aromatic carbocycles. The third-order valence-corrected chi connectivity index (χ3v) is 1.21. The van der Waals surface area contributed by atoms with Crippen molar-refractivity contribution in [2.24, 2.45) is 0 Å². The average molecular weight is 195 g/mol. The number of hydrogen-bond acceptors (Lipinski definition) is 4. The molecule has 0 radical (unpaired) electrons. The Hall–Kier alpha value is -2.11. The third-order valence-electron chi connectivity index (χ3n) is 1.21. The van der Waals surface area contributed by atoms with E-state index in [-0.39, 0.29) is 5.82 Å². The van der Waals surface area contributed by atoms with Crippen LogP contribution in [0.2, 0.25) is 0 Å². The number of anilines is 1. The summed E-state index contributed by atoms with van der Waals surface area (Å²) >= 11 is 0. The Bertz CT molecular complexity index is 323. The van der Waals surface area contributed by atoms with Gasteiger partial charge in [-0.15, -0.1) is 0 Å². The zero-order chi connectivity index (χ0) is 10.4. The predicted molar refractivity (Wildman–Crippen MR) is 49.4 cm³/mol. The Balaban J connectivity index is 2.58. The molecule has 0 atom stereocenters. The molecule has 1 heterocycles. The number of nitrogens with zero attached hydrogens (tertiary/aromatic N) is 2. The number of amides is 1. The van der Waals surface area contributed by atoms with Crippen molar-refractivity contribution in [3.63, 3.8) is 0 Å². The van der Waals surface area contributed by atoms with Gasteiger partial charge in [-0.3, -0.25) is 5.32 Å². The zero-order valence-electron chi connectivity index (χ0n) is 7.30. The number of hydrogen-bond donors (Lipinski definition) is 2. The van der Waals surface area contributed by atoms with Gasteiger partial charge >= 0.3 is 6.09 Å². The summed E-state index contributed by atoms with van der Waals surface area (Å²) in [5.74, 6) is 0.476. The van der Waals surface area contributed by atoms with Gasteiger partial charge in [0, 0.05) is 0 Å². The fourth-order valence-corrected chi connectivity index (χ4v) is 0.709. The van der Waals surface area contributed by atoms with Crippen LogP contribution >= 0.6 is 0 Å². The lowest BCUT2D eigenvalue weighted by molar-refractivity contribution is 0.209. The van der Waals surface area contributed by atoms with Crippen LogP contribution in [0, 0.1) is 0 Å². The van der Waals surface area contributed by atoms with E-state index in [2.05, 4.69) is 21.9 Å². The molecule has 1 aromatic heterocycles. The van der Waals surface area contributed by atoms with Crippen molar-refractivity contribution in [2.75, 3.05) is 11.9 Å². The molecule has 1 aromatic rings. The Morgan fingerprint density at radius 2 is 2.43 bits per heavy atom. The predicted octanol–water partition coefficient (Wildman–Crippen LogP) is 1.13. The maximum absolute atomic E-state index is 10.2. The van der Waals surface area contributed by atoms with Crippen LogP contribution in [-0.4, -0.2) is 27.8 Å². The van der Waals surface area contributed by atoms with E-state index in [1.165, 1.54) is 12.4 Å². The van der Waals surface area contributed by atoms with Gasteiger partial charge in [-0.1, -0.05) is 12.7 Å². The number of carboxylic acid groups (broad SMARTS) is 1. The molecule has 2 N–H and O–H groups in total. The molecule has 14 heavy (non-hydrogen) atoms. The highest BCUT2D eigenvalue weighted by Crippen LogP contribution is 2.06. The van der Waals surface area contributed by atoms with Gasteiger partial charge < -0.3 is 9.84 Å². The van der Waals surface area contributed by atoms with Crippen molar-refractivity contribution in [2.45, 2.75) is 0 Å². The highest BCUT2D eigenvalue weighted by molar-refractivity contribution is 5.81. The number of rotatable bonds is 4. The summed E-state index contributed by atoms with van der Waals surface area (Å²) < 4.78 is 5.05. The lowest BCUT2D eigenvalue weighted by Gasteiger charge is -2.02. The van der Waals surface area contributed by atoms with Gasteiger partial charge in [0.15, 0.2) is 5.82 Å². The number of aromatic nitrogens is 2. The summed E-state index contributed by atoms with van der Waals surface area (Å²) in [5.41, 5.74) is 0. The van der Waals surface area contributed by atoms with Gasteiger partial charge in [0.2, 0.25) is 5.88 Å². The van der Waals surface area contributed by atoms with Crippen molar-refractivity contribution in [1.29, 1.82) is 0 Å². The maximum atomic E-state index is 10.2. The van der Waals surface area contributed by atoms with E-state index in [1.807, 2.05) is 0 Å². The molecule has 0 spiro atoms. The minimum Gasteiger partial charge on any atom is -0.472 e. The molecule has 0 saturated heterocycles. The van der Waals surface area contributed by atoms with E-state index in [1.54, 1.807) is 6.08 Å². The first-order valence-corrected chi connectivity index (χ1v) is 3.78. The quantitative estimate of drug-likeness (QED) is 0.703. The molecule has 0 aliphatic rings. The second-order valence-corrected chi connectivity index (χ2v) is 2.27. The standard InChI is InChI=1S/C8H9N3O3/c1-2-3-14-7-5-9-6(4-10-7)11-8(12)13/h2,4-5H,1,3H2,(H,9,11)(H,12,13). The zero-order valence-corrected chi connectivity index (χ0v) is 7.30. The van der Waals surface area contributed by atoms with Crippen LogP contribution in [0.15, 0.2) is 25.0 Å². The molecule has 0 unspecified atom stereocenters. The maximum Gasteiger partial charge on any atom is 0.410 e. The molecule has 6 heteroatoms. The summed E-state index contributed by atoms with van der Waals surface area (Å²) in [7, 11) is 0. The molecule has 0 fully saturated rings. The lowest BCUT2D eigenvalue weighted by Crippen LogP contribution is -2.09. The largest absolute Gasteiger partial charge is 0.472 e. The minimum absolute atomic E-state index is 0.156. The van der Waals surface area contributed by atoms with Crippen molar-refractivity contribution < 1.29 is 14.6 Å². The van der Waals surface area contributed by atoms with Gasteiger partial charge in [-0.05, 0) is 0 Å². The summed E-state index contributed by atoms with van der Waals surface area (Å²) in [5, 5.41) is 10.4. The fraction of sp³-hybridized carbons (Fsp3) is 0.125. The Morgan fingerprint density at radius 1 is 1.64 bits per heavy atom. The monoisotopic (exact) mass is 195 g/mol. The molecule has 6 nitrogen and oxygen atoms in total. The van der Waals surface area contributed by atoms with Gasteiger partial charge in [0.25, 0.3) is 0 Å². The van der Waals surface area contributed by atoms with Gasteiger partial charge in [-0.2, -0.15) is 0 Å². The van der Waals surface area contributed by atoms with Crippen LogP contribution in [0.5, 0.6) is 5.88 Å². The molecular weight excluding hydrogens is 186 g/mol. The number of nitrogens with one attached hydrogen (secondary N) is 1. The highest BCUT2D eigenvalue weighted by Gasteiger charge is 2.00. The second-order valence-electron chi connectivity index (χ2n) is 2.27. The average Bonchev–Trinajstić information content (AvgIpc) is 2.16. The first kappa shape index (κ1) is 9.97. The molecular formula is C8H9N3O3. The van der Waals surface area contributed by atoms with Gasteiger partial charge in [0.05, 0.1) is 12.4 Å². The van der Waals surface area contributed by atoms with Crippen molar-refractivity contribution in [3.8, 4) is 5.88 Å². The fourth-order valence-electron chi connectivity index (χ4n) is 0.709. The lowest BCUT2D eigenvalue weighted by atomic mass is 10.6.